The van der Waals surface area contributed by atoms with Crippen molar-refractivity contribution in [1.29, 1.82) is 0 Å². The molecule has 3 aromatic rings. The number of benzene rings is 2. The van der Waals surface area contributed by atoms with Crippen molar-refractivity contribution in [2.75, 3.05) is 11.9 Å². The van der Waals surface area contributed by atoms with Crippen LogP contribution in [0.15, 0.2) is 35.7 Å². The Morgan fingerprint density at radius 3 is 2.52 bits per heavy atom. The van der Waals surface area contributed by atoms with Gasteiger partial charge >= 0.3 is 0 Å². The van der Waals surface area contributed by atoms with Gasteiger partial charge in [0.2, 0.25) is 0 Å². The average molecular weight is 381 g/mol. The minimum absolute atomic E-state index is 0.0382. The van der Waals surface area contributed by atoms with Crippen LogP contribution in [0.1, 0.15) is 27.8 Å². The van der Waals surface area contributed by atoms with Crippen molar-refractivity contribution in [3.8, 4) is 17.0 Å². The number of nitrogens with zero attached hydrogens (tertiary/aromatic N) is 1. The summed E-state index contributed by atoms with van der Waals surface area (Å²) in [5.74, 6) is 0.567. The van der Waals surface area contributed by atoms with Crippen LogP contribution in [0.25, 0.3) is 11.3 Å². The first-order valence-corrected chi connectivity index (χ1v) is 9.75. The minimum atomic E-state index is -0.211. The summed E-state index contributed by atoms with van der Waals surface area (Å²) in [4.78, 5) is 16.8. The molecule has 0 radical (unpaired) electrons. The second-order valence-corrected chi connectivity index (χ2v) is 7.70. The first-order valence-electron chi connectivity index (χ1n) is 8.87. The minimum Gasteiger partial charge on any atom is -0.483 e. The number of aromatic nitrogens is 1. The Bertz CT molecular complexity index is 992. The summed E-state index contributed by atoms with van der Waals surface area (Å²) in [6.07, 6.45) is 0. The van der Waals surface area contributed by atoms with E-state index in [1.165, 1.54) is 16.9 Å². The van der Waals surface area contributed by atoms with Crippen molar-refractivity contribution < 1.29 is 9.53 Å². The van der Waals surface area contributed by atoms with Gasteiger partial charge in [0.15, 0.2) is 11.7 Å². The maximum atomic E-state index is 12.3. The van der Waals surface area contributed by atoms with Crippen molar-refractivity contribution in [2.45, 2.75) is 34.6 Å². The Hall–Kier alpha value is -2.66. The fourth-order valence-corrected chi connectivity index (χ4v) is 3.63. The number of carbonyl (C=O) groups excluding carboxylic acids is 1. The first-order chi connectivity index (χ1) is 12.8. The van der Waals surface area contributed by atoms with Crippen LogP contribution < -0.4 is 10.1 Å². The lowest BCUT2D eigenvalue weighted by Crippen LogP contribution is -2.20. The molecule has 140 valence electrons. The Balaban J connectivity index is 1.67. The summed E-state index contributed by atoms with van der Waals surface area (Å²) >= 11 is 1.42. The van der Waals surface area contributed by atoms with Crippen LogP contribution in [0.2, 0.25) is 0 Å². The van der Waals surface area contributed by atoms with E-state index in [1.54, 1.807) is 0 Å². The second kappa shape index (κ2) is 7.92. The zero-order valence-corrected chi connectivity index (χ0v) is 17.2. The van der Waals surface area contributed by atoms with E-state index in [2.05, 4.69) is 48.4 Å². The van der Waals surface area contributed by atoms with Gasteiger partial charge in [-0.15, -0.1) is 11.3 Å². The number of thiazole rings is 1. The average Bonchev–Trinajstić information content (AvgIpc) is 3.08. The molecule has 0 aliphatic heterocycles. The van der Waals surface area contributed by atoms with Crippen molar-refractivity contribution in [1.82, 2.24) is 4.98 Å². The van der Waals surface area contributed by atoms with Crippen LogP contribution >= 0.6 is 11.3 Å². The molecule has 0 aliphatic rings. The largest absolute Gasteiger partial charge is 0.483 e. The smallest absolute Gasteiger partial charge is 0.264 e. The molecule has 0 bridgehead atoms. The van der Waals surface area contributed by atoms with E-state index in [-0.39, 0.29) is 12.5 Å². The van der Waals surface area contributed by atoms with Crippen molar-refractivity contribution in [3.63, 3.8) is 0 Å². The molecule has 2 aromatic carbocycles. The fourth-order valence-electron chi connectivity index (χ4n) is 2.91. The van der Waals surface area contributed by atoms with Crippen LogP contribution in [0.5, 0.6) is 5.75 Å². The van der Waals surface area contributed by atoms with E-state index < -0.39 is 0 Å². The standard InChI is InChI=1S/C22H24N2O2S/c1-13-6-7-15(3)18(10-13)19-12-27-22(23-19)24-20(25)11-26-21-16(4)9-8-14(2)17(21)5/h6-10,12H,11H2,1-5H3,(H,23,24,25). The Kier molecular flexibility index (Phi) is 5.61. The lowest BCUT2D eigenvalue weighted by Gasteiger charge is -2.13. The molecule has 0 saturated carbocycles. The lowest BCUT2D eigenvalue weighted by atomic mass is 10.0. The number of aryl methyl sites for hydroxylation is 4. The van der Waals surface area contributed by atoms with Crippen LogP contribution in [0.3, 0.4) is 0 Å². The van der Waals surface area contributed by atoms with E-state index in [1.807, 2.05) is 32.2 Å². The van der Waals surface area contributed by atoms with Crippen molar-refractivity contribution in [3.05, 3.63) is 63.5 Å². The molecule has 0 saturated heterocycles. The molecular formula is C22H24N2O2S. The van der Waals surface area contributed by atoms with Crippen LogP contribution in [-0.2, 0) is 4.79 Å². The molecule has 0 unspecified atom stereocenters. The number of hydrogen-bond donors (Lipinski definition) is 1. The van der Waals surface area contributed by atoms with Gasteiger partial charge in [-0.1, -0.05) is 29.8 Å². The molecule has 1 aromatic heterocycles. The SMILES string of the molecule is Cc1ccc(C)c(-c2csc(NC(=O)COc3c(C)ccc(C)c3C)n2)c1. The number of rotatable bonds is 5. The molecule has 5 heteroatoms. The van der Waals surface area contributed by atoms with Crippen LogP contribution in [0, 0.1) is 34.6 Å². The molecule has 1 N–H and O–H groups in total. The predicted molar refractivity (Wildman–Crippen MR) is 112 cm³/mol. The first kappa shape index (κ1) is 19.1. The van der Waals surface area contributed by atoms with Gasteiger partial charge in [-0.25, -0.2) is 4.98 Å². The van der Waals surface area contributed by atoms with Crippen LogP contribution in [0.4, 0.5) is 5.13 Å². The summed E-state index contributed by atoms with van der Waals surface area (Å²) in [6, 6.07) is 10.3. The summed E-state index contributed by atoms with van der Waals surface area (Å²) in [5, 5.41) is 5.38. The zero-order chi connectivity index (χ0) is 19.6. The highest BCUT2D eigenvalue weighted by molar-refractivity contribution is 7.14. The number of amides is 1. The van der Waals surface area contributed by atoms with Gasteiger partial charge in [-0.3, -0.25) is 10.1 Å². The zero-order valence-electron chi connectivity index (χ0n) is 16.3. The van der Waals surface area contributed by atoms with Crippen LogP contribution in [-0.4, -0.2) is 17.5 Å². The lowest BCUT2D eigenvalue weighted by molar-refractivity contribution is -0.118. The number of carbonyl (C=O) groups is 1. The van der Waals surface area contributed by atoms with E-state index >= 15 is 0 Å². The van der Waals surface area contributed by atoms with Gasteiger partial charge < -0.3 is 4.74 Å². The van der Waals surface area contributed by atoms with Gasteiger partial charge in [0.1, 0.15) is 5.75 Å². The quantitative estimate of drug-likeness (QED) is 0.647. The monoisotopic (exact) mass is 380 g/mol. The Morgan fingerprint density at radius 1 is 1.04 bits per heavy atom. The van der Waals surface area contributed by atoms with Crippen molar-refractivity contribution >= 4 is 22.4 Å². The van der Waals surface area contributed by atoms with Gasteiger partial charge in [0.05, 0.1) is 5.69 Å². The van der Waals surface area contributed by atoms with E-state index in [0.717, 1.165) is 39.3 Å². The molecular weight excluding hydrogens is 356 g/mol. The fraction of sp³-hybridized carbons (Fsp3) is 0.273. The normalized spacial score (nSPS) is 10.7. The third kappa shape index (κ3) is 4.37. The maximum absolute atomic E-state index is 12.3. The van der Waals surface area contributed by atoms with Gasteiger partial charge in [-0.05, 0) is 62.9 Å². The Morgan fingerprint density at radius 2 is 1.74 bits per heavy atom. The van der Waals surface area contributed by atoms with E-state index in [0.29, 0.717) is 5.13 Å². The van der Waals surface area contributed by atoms with Crippen molar-refractivity contribution in [2.24, 2.45) is 0 Å². The molecule has 1 amide bonds. The summed E-state index contributed by atoms with van der Waals surface area (Å²) in [5.41, 5.74) is 7.56. The second-order valence-electron chi connectivity index (χ2n) is 6.85. The molecule has 0 spiro atoms. The van der Waals surface area contributed by atoms with Gasteiger partial charge in [0.25, 0.3) is 5.91 Å². The maximum Gasteiger partial charge on any atom is 0.264 e. The highest BCUT2D eigenvalue weighted by Gasteiger charge is 2.12. The molecule has 4 nitrogen and oxygen atoms in total. The molecule has 3 rings (SSSR count). The van der Waals surface area contributed by atoms with Gasteiger partial charge in [0, 0.05) is 10.9 Å². The van der Waals surface area contributed by atoms with E-state index in [4.69, 9.17) is 4.74 Å². The molecule has 27 heavy (non-hydrogen) atoms. The number of anilines is 1. The number of hydrogen-bond acceptors (Lipinski definition) is 4. The molecule has 0 atom stereocenters. The highest BCUT2D eigenvalue weighted by atomic mass is 32.1. The number of ether oxygens (including phenoxy) is 1. The van der Waals surface area contributed by atoms with Gasteiger partial charge in [-0.2, -0.15) is 0 Å². The highest BCUT2D eigenvalue weighted by Crippen LogP contribution is 2.29. The summed E-state index contributed by atoms with van der Waals surface area (Å²) in [7, 11) is 0. The summed E-state index contributed by atoms with van der Waals surface area (Å²) < 4.78 is 5.77. The topological polar surface area (TPSA) is 51.2 Å². The molecule has 1 heterocycles. The third-order valence-corrected chi connectivity index (χ3v) is 5.40. The Labute approximate surface area is 164 Å². The number of nitrogens with one attached hydrogen (secondary N) is 1. The predicted octanol–water partition coefficient (Wildman–Crippen LogP) is 5.37. The molecule has 0 aliphatic carbocycles. The van der Waals surface area contributed by atoms with E-state index in [9.17, 15) is 4.79 Å². The summed E-state index contributed by atoms with van der Waals surface area (Å²) in [6.45, 7) is 10.1. The third-order valence-electron chi connectivity index (χ3n) is 4.64. The molecule has 0 fully saturated rings.